The summed E-state index contributed by atoms with van der Waals surface area (Å²) in [5, 5.41) is 0. The molecule has 0 radical (unpaired) electrons. The molecule has 6 nitrogen and oxygen atoms in total. The van der Waals surface area contributed by atoms with E-state index in [2.05, 4.69) is 4.72 Å². The summed E-state index contributed by atoms with van der Waals surface area (Å²) < 4.78 is 33.9. The molecule has 0 aromatic carbocycles. The van der Waals surface area contributed by atoms with Crippen LogP contribution in [0.15, 0.2) is 0 Å². The van der Waals surface area contributed by atoms with Gasteiger partial charge >= 0.3 is 0 Å². The van der Waals surface area contributed by atoms with Crippen LogP contribution in [0.25, 0.3) is 0 Å². The standard InChI is InChI=1S/C13H29N3O3S/c1-12(2)19-9-4-3-7-15-20(17,18)16-8-5-6-13(10-14)11-16/h12-13,15H,3-11,14H2,1-2H3. The lowest BCUT2D eigenvalue weighted by Gasteiger charge is -2.31. The molecule has 0 spiro atoms. The molecule has 0 saturated carbocycles. The average Bonchev–Trinajstić information content (AvgIpc) is 2.42. The molecule has 1 unspecified atom stereocenters. The minimum absolute atomic E-state index is 0.230. The summed E-state index contributed by atoms with van der Waals surface area (Å²) in [6.45, 7) is 6.83. The van der Waals surface area contributed by atoms with Crippen LogP contribution in [0.5, 0.6) is 0 Å². The predicted molar refractivity (Wildman–Crippen MR) is 80.6 cm³/mol. The Morgan fingerprint density at radius 3 is 2.80 bits per heavy atom. The molecule has 0 amide bonds. The van der Waals surface area contributed by atoms with Crippen molar-refractivity contribution in [3.8, 4) is 0 Å². The van der Waals surface area contributed by atoms with E-state index >= 15 is 0 Å². The normalized spacial score (nSPS) is 21.5. The Bertz CT molecular complexity index is 360. The summed E-state index contributed by atoms with van der Waals surface area (Å²) in [6, 6.07) is 0. The van der Waals surface area contributed by atoms with Gasteiger partial charge in [-0.15, -0.1) is 0 Å². The van der Waals surface area contributed by atoms with Gasteiger partial charge in [0.2, 0.25) is 0 Å². The SMILES string of the molecule is CC(C)OCCCCNS(=O)(=O)N1CCCC(CN)C1. The van der Waals surface area contributed by atoms with Crippen LogP contribution in [0.4, 0.5) is 0 Å². The van der Waals surface area contributed by atoms with Gasteiger partial charge in [-0.25, -0.2) is 4.72 Å². The highest BCUT2D eigenvalue weighted by Gasteiger charge is 2.27. The van der Waals surface area contributed by atoms with E-state index in [-0.39, 0.29) is 6.10 Å². The van der Waals surface area contributed by atoms with Crippen molar-refractivity contribution in [3.05, 3.63) is 0 Å². The number of nitrogens with zero attached hydrogens (tertiary/aromatic N) is 1. The van der Waals surface area contributed by atoms with Crippen molar-refractivity contribution in [1.82, 2.24) is 9.03 Å². The van der Waals surface area contributed by atoms with E-state index in [1.54, 1.807) is 0 Å². The summed E-state index contributed by atoms with van der Waals surface area (Å²) in [5.41, 5.74) is 5.63. The van der Waals surface area contributed by atoms with Crippen molar-refractivity contribution in [3.63, 3.8) is 0 Å². The van der Waals surface area contributed by atoms with Crippen LogP contribution in [0.3, 0.4) is 0 Å². The highest BCUT2D eigenvalue weighted by atomic mass is 32.2. The Morgan fingerprint density at radius 2 is 2.15 bits per heavy atom. The van der Waals surface area contributed by atoms with Gasteiger partial charge in [-0.1, -0.05) is 0 Å². The average molecular weight is 307 g/mol. The highest BCUT2D eigenvalue weighted by molar-refractivity contribution is 7.87. The number of rotatable bonds is 9. The van der Waals surface area contributed by atoms with Gasteiger partial charge in [0.25, 0.3) is 10.2 Å². The van der Waals surface area contributed by atoms with Gasteiger partial charge < -0.3 is 10.5 Å². The highest BCUT2D eigenvalue weighted by Crippen LogP contribution is 2.17. The molecular weight excluding hydrogens is 278 g/mol. The third-order valence-corrected chi connectivity index (χ3v) is 5.04. The van der Waals surface area contributed by atoms with Gasteiger partial charge in [-0.05, 0) is 52.0 Å². The molecule has 120 valence electrons. The number of nitrogens with two attached hydrogens (primary N) is 1. The second-order valence-electron chi connectivity index (χ2n) is 5.63. The topological polar surface area (TPSA) is 84.7 Å². The Hall–Kier alpha value is -0.210. The van der Waals surface area contributed by atoms with Crippen LogP contribution < -0.4 is 10.5 Å². The molecular formula is C13H29N3O3S. The number of hydrogen-bond donors (Lipinski definition) is 2. The summed E-state index contributed by atoms with van der Waals surface area (Å²) in [7, 11) is -3.34. The maximum atomic E-state index is 12.1. The maximum absolute atomic E-state index is 12.1. The van der Waals surface area contributed by atoms with E-state index in [0.29, 0.717) is 38.7 Å². The van der Waals surface area contributed by atoms with E-state index in [4.69, 9.17) is 10.5 Å². The number of nitrogens with one attached hydrogen (secondary N) is 1. The molecule has 1 saturated heterocycles. The van der Waals surface area contributed by atoms with E-state index in [1.807, 2.05) is 13.8 Å². The Kier molecular flexibility index (Phi) is 7.98. The largest absolute Gasteiger partial charge is 0.379 e. The number of piperidine rings is 1. The summed E-state index contributed by atoms with van der Waals surface area (Å²) in [6.07, 6.45) is 3.81. The molecule has 3 N–H and O–H groups in total. The van der Waals surface area contributed by atoms with Gasteiger partial charge in [0.15, 0.2) is 0 Å². The fourth-order valence-corrected chi connectivity index (χ4v) is 3.64. The third-order valence-electron chi connectivity index (χ3n) is 3.46. The molecule has 1 fully saturated rings. The monoisotopic (exact) mass is 307 g/mol. The first-order valence-electron chi connectivity index (χ1n) is 7.52. The zero-order valence-electron chi connectivity index (χ0n) is 12.7. The third kappa shape index (κ3) is 6.49. The van der Waals surface area contributed by atoms with E-state index < -0.39 is 10.2 Å². The fourth-order valence-electron chi connectivity index (χ4n) is 2.28. The first kappa shape index (κ1) is 17.8. The first-order chi connectivity index (χ1) is 9.45. The van der Waals surface area contributed by atoms with Crippen molar-refractivity contribution >= 4 is 10.2 Å². The van der Waals surface area contributed by atoms with Crippen LogP contribution in [-0.2, 0) is 14.9 Å². The van der Waals surface area contributed by atoms with E-state index in [1.165, 1.54) is 4.31 Å². The Balaban J connectivity index is 2.24. The smallest absolute Gasteiger partial charge is 0.279 e. The zero-order chi connectivity index (χ0) is 15.0. The van der Waals surface area contributed by atoms with Crippen LogP contribution >= 0.6 is 0 Å². The van der Waals surface area contributed by atoms with Crippen molar-refractivity contribution in [2.45, 2.75) is 45.6 Å². The second kappa shape index (κ2) is 8.94. The molecule has 0 aromatic rings. The minimum Gasteiger partial charge on any atom is -0.379 e. The molecule has 1 atom stereocenters. The molecule has 1 aliphatic rings. The van der Waals surface area contributed by atoms with Crippen LogP contribution in [0.2, 0.25) is 0 Å². The van der Waals surface area contributed by atoms with Crippen LogP contribution in [0.1, 0.15) is 39.5 Å². The molecule has 1 aliphatic heterocycles. The second-order valence-corrected chi connectivity index (χ2v) is 7.38. The Morgan fingerprint density at radius 1 is 1.40 bits per heavy atom. The number of unbranched alkanes of at least 4 members (excludes halogenated alkanes) is 1. The first-order valence-corrected chi connectivity index (χ1v) is 8.96. The van der Waals surface area contributed by atoms with Crippen LogP contribution in [-0.4, -0.2) is 51.6 Å². The quantitative estimate of drug-likeness (QED) is 0.614. The molecule has 0 bridgehead atoms. The van der Waals surface area contributed by atoms with E-state index in [0.717, 1.165) is 25.7 Å². The van der Waals surface area contributed by atoms with Crippen LogP contribution in [0, 0.1) is 5.92 Å². The minimum atomic E-state index is -3.34. The predicted octanol–water partition coefficient (Wildman–Crippen LogP) is 0.697. The molecule has 7 heteroatoms. The van der Waals surface area contributed by atoms with Gasteiger partial charge in [-0.2, -0.15) is 12.7 Å². The lowest BCUT2D eigenvalue weighted by atomic mass is 10.0. The summed E-state index contributed by atoms with van der Waals surface area (Å²) in [4.78, 5) is 0. The van der Waals surface area contributed by atoms with E-state index in [9.17, 15) is 8.42 Å². The Labute approximate surface area is 123 Å². The fraction of sp³-hybridized carbons (Fsp3) is 1.00. The number of ether oxygens (including phenoxy) is 1. The number of hydrogen-bond acceptors (Lipinski definition) is 4. The molecule has 0 aromatic heterocycles. The van der Waals surface area contributed by atoms with Crippen molar-refractivity contribution < 1.29 is 13.2 Å². The van der Waals surface area contributed by atoms with Gasteiger partial charge in [0.05, 0.1) is 6.10 Å². The van der Waals surface area contributed by atoms with Gasteiger partial charge in [-0.3, -0.25) is 0 Å². The maximum Gasteiger partial charge on any atom is 0.279 e. The summed E-state index contributed by atoms with van der Waals surface area (Å²) in [5.74, 6) is 0.291. The van der Waals surface area contributed by atoms with Crippen molar-refractivity contribution in [2.75, 3.05) is 32.8 Å². The summed E-state index contributed by atoms with van der Waals surface area (Å²) >= 11 is 0. The lowest BCUT2D eigenvalue weighted by Crippen LogP contribution is -2.47. The zero-order valence-corrected chi connectivity index (χ0v) is 13.5. The van der Waals surface area contributed by atoms with Crippen molar-refractivity contribution in [1.29, 1.82) is 0 Å². The molecule has 20 heavy (non-hydrogen) atoms. The molecule has 0 aliphatic carbocycles. The molecule has 1 heterocycles. The lowest BCUT2D eigenvalue weighted by molar-refractivity contribution is 0.0762. The van der Waals surface area contributed by atoms with Gasteiger partial charge in [0.1, 0.15) is 0 Å². The van der Waals surface area contributed by atoms with Crippen molar-refractivity contribution in [2.24, 2.45) is 11.7 Å². The van der Waals surface area contributed by atoms with Gasteiger partial charge in [0, 0.05) is 26.2 Å². The molecule has 1 rings (SSSR count).